The zero-order chi connectivity index (χ0) is 16.7. The molecule has 1 spiro atoms. The van der Waals surface area contributed by atoms with Gasteiger partial charge in [0.25, 0.3) is 0 Å². The zero-order valence-corrected chi connectivity index (χ0v) is 14.6. The molecular weight excluding hydrogens is 300 g/mol. The van der Waals surface area contributed by atoms with E-state index < -0.39 is 0 Å². The average Bonchev–Trinajstić information content (AvgIpc) is 3.47. The summed E-state index contributed by atoms with van der Waals surface area (Å²) in [6.07, 6.45) is 2.42. The van der Waals surface area contributed by atoms with Gasteiger partial charge in [-0.25, -0.2) is 0 Å². The largest absolute Gasteiger partial charge is 0.0622 e. The van der Waals surface area contributed by atoms with Gasteiger partial charge in [-0.3, -0.25) is 0 Å². The predicted octanol–water partition coefficient (Wildman–Crippen LogP) is 5.31. The monoisotopic (exact) mass is 322 g/mol. The van der Waals surface area contributed by atoms with Gasteiger partial charge in [-0.2, -0.15) is 0 Å². The third-order valence-electron chi connectivity index (χ3n) is 7.92. The first-order valence-corrected chi connectivity index (χ1v) is 9.47. The summed E-state index contributed by atoms with van der Waals surface area (Å²) in [5.41, 5.74) is 7.27. The molecule has 0 amide bonds. The van der Waals surface area contributed by atoms with Gasteiger partial charge < -0.3 is 0 Å². The highest BCUT2D eigenvalue weighted by atomic mass is 15.0. The van der Waals surface area contributed by atoms with Crippen LogP contribution >= 0.6 is 0 Å². The molecule has 0 nitrogen and oxygen atoms in total. The lowest BCUT2D eigenvalue weighted by atomic mass is 9.64. The van der Waals surface area contributed by atoms with E-state index in [2.05, 4.69) is 91.9 Å². The van der Waals surface area contributed by atoms with Crippen molar-refractivity contribution in [1.82, 2.24) is 0 Å². The second-order valence-electron chi connectivity index (χ2n) is 8.26. The molecule has 4 unspecified atom stereocenters. The Labute approximate surface area is 149 Å². The second-order valence-corrected chi connectivity index (χ2v) is 8.26. The summed E-state index contributed by atoms with van der Waals surface area (Å²) in [5.74, 6) is 0.760. The molecule has 3 aliphatic carbocycles. The van der Waals surface area contributed by atoms with Gasteiger partial charge in [0, 0.05) is 10.8 Å². The maximum Gasteiger partial charge on any atom is 0.0170 e. The van der Waals surface area contributed by atoms with Gasteiger partial charge in [-0.05, 0) is 46.4 Å². The van der Waals surface area contributed by atoms with Crippen molar-refractivity contribution in [3.05, 3.63) is 107 Å². The van der Waals surface area contributed by atoms with Gasteiger partial charge in [0.2, 0.25) is 0 Å². The Morgan fingerprint density at radius 2 is 1.16 bits per heavy atom. The van der Waals surface area contributed by atoms with Crippen LogP contribution in [0.15, 0.2) is 84.9 Å². The van der Waals surface area contributed by atoms with E-state index in [4.69, 9.17) is 0 Å². The minimum atomic E-state index is 0.288. The summed E-state index contributed by atoms with van der Waals surface area (Å²) in [5, 5.41) is 0. The van der Waals surface area contributed by atoms with Gasteiger partial charge in [0.05, 0.1) is 0 Å². The van der Waals surface area contributed by atoms with Crippen molar-refractivity contribution in [3.8, 4) is 0 Å². The van der Waals surface area contributed by atoms with Gasteiger partial charge in [-0.1, -0.05) is 91.9 Å². The Balaban J connectivity index is 1.62. The quantitative estimate of drug-likeness (QED) is 0.600. The molecule has 2 fully saturated rings. The molecule has 3 aliphatic rings. The van der Waals surface area contributed by atoms with Crippen molar-refractivity contribution < 1.29 is 0 Å². The average molecular weight is 322 g/mol. The molecule has 0 aromatic heterocycles. The SMILES string of the molecule is CC1C23Cc4ccccc4CC2(c2ccccc2)C13c1ccccc1. The standard InChI is InChI=1S/C25H22/c1-18-23-16-19-10-8-9-11-20(19)17-24(23,21-12-4-2-5-13-21)25(18,23)22-14-6-3-7-15-22/h2-15,18H,16-17H2,1H3. The first-order valence-electron chi connectivity index (χ1n) is 9.47. The Morgan fingerprint density at radius 1 is 0.640 bits per heavy atom. The van der Waals surface area contributed by atoms with Crippen LogP contribution in [0.4, 0.5) is 0 Å². The highest BCUT2D eigenvalue weighted by molar-refractivity contribution is 5.72. The summed E-state index contributed by atoms with van der Waals surface area (Å²) in [6.45, 7) is 2.49. The van der Waals surface area contributed by atoms with E-state index in [-0.39, 0.29) is 5.41 Å². The normalized spacial score (nSPS) is 36.8. The third-order valence-corrected chi connectivity index (χ3v) is 7.92. The number of hydrogen-bond acceptors (Lipinski definition) is 0. The van der Waals surface area contributed by atoms with E-state index in [0.29, 0.717) is 10.8 Å². The minimum absolute atomic E-state index is 0.288. The van der Waals surface area contributed by atoms with Crippen LogP contribution in [0.2, 0.25) is 0 Å². The fraction of sp³-hybridized carbons (Fsp3) is 0.280. The summed E-state index contributed by atoms with van der Waals surface area (Å²) in [7, 11) is 0. The lowest BCUT2D eigenvalue weighted by molar-refractivity contribution is 0.300. The highest BCUT2D eigenvalue weighted by Crippen LogP contribution is 3.01. The smallest absolute Gasteiger partial charge is 0.0170 e. The van der Waals surface area contributed by atoms with Crippen LogP contribution in [0.25, 0.3) is 0 Å². The summed E-state index contributed by atoms with van der Waals surface area (Å²) >= 11 is 0. The lowest BCUT2D eigenvalue weighted by Crippen LogP contribution is -2.38. The molecular formula is C25H22. The van der Waals surface area contributed by atoms with Crippen LogP contribution in [0.3, 0.4) is 0 Å². The topological polar surface area (TPSA) is 0 Å². The van der Waals surface area contributed by atoms with Crippen molar-refractivity contribution >= 4 is 0 Å². The predicted molar refractivity (Wildman–Crippen MR) is 102 cm³/mol. The van der Waals surface area contributed by atoms with Crippen LogP contribution in [-0.4, -0.2) is 0 Å². The van der Waals surface area contributed by atoms with Crippen molar-refractivity contribution in [2.75, 3.05) is 0 Å². The fourth-order valence-electron chi connectivity index (χ4n) is 7.14. The Kier molecular flexibility index (Phi) is 2.36. The molecule has 0 aliphatic heterocycles. The lowest BCUT2D eigenvalue weighted by Gasteiger charge is -2.39. The first kappa shape index (κ1) is 13.9. The van der Waals surface area contributed by atoms with Crippen molar-refractivity contribution in [2.45, 2.75) is 30.6 Å². The van der Waals surface area contributed by atoms with Crippen molar-refractivity contribution in [2.24, 2.45) is 11.3 Å². The molecule has 0 heterocycles. The molecule has 0 N–H and O–H groups in total. The van der Waals surface area contributed by atoms with Crippen LogP contribution in [-0.2, 0) is 23.7 Å². The van der Waals surface area contributed by atoms with E-state index >= 15 is 0 Å². The molecule has 2 saturated carbocycles. The van der Waals surface area contributed by atoms with Gasteiger partial charge in [0.15, 0.2) is 0 Å². The molecule has 6 rings (SSSR count). The summed E-state index contributed by atoms with van der Waals surface area (Å²) in [4.78, 5) is 0. The molecule has 3 aromatic rings. The van der Waals surface area contributed by atoms with E-state index in [1.165, 1.54) is 12.8 Å². The summed E-state index contributed by atoms with van der Waals surface area (Å²) in [6, 6.07) is 31.8. The molecule has 4 atom stereocenters. The number of hydrogen-bond donors (Lipinski definition) is 0. The third kappa shape index (κ3) is 1.26. The number of rotatable bonds is 2. The van der Waals surface area contributed by atoms with Gasteiger partial charge in [0.1, 0.15) is 0 Å². The molecule has 0 bridgehead atoms. The Bertz CT molecular complexity index is 973. The van der Waals surface area contributed by atoms with Gasteiger partial charge in [-0.15, -0.1) is 0 Å². The first-order chi connectivity index (χ1) is 12.3. The zero-order valence-electron chi connectivity index (χ0n) is 14.6. The molecule has 0 radical (unpaired) electrons. The fourth-order valence-corrected chi connectivity index (χ4v) is 7.14. The maximum atomic E-state index is 2.49. The van der Waals surface area contributed by atoms with E-state index in [9.17, 15) is 0 Å². The Morgan fingerprint density at radius 3 is 1.80 bits per heavy atom. The highest BCUT2D eigenvalue weighted by Gasteiger charge is 3.03. The molecule has 3 aromatic carbocycles. The number of fused-ring (bicyclic) bond motifs is 2. The molecule has 0 saturated heterocycles. The molecule has 25 heavy (non-hydrogen) atoms. The Hall–Kier alpha value is -2.34. The molecule has 0 heteroatoms. The second kappa shape index (κ2) is 4.25. The van der Waals surface area contributed by atoms with E-state index in [1.54, 1.807) is 22.3 Å². The summed E-state index contributed by atoms with van der Waals surface area (Å²) < 4.78 is 0. The van der Waals surface area contributed by atoms with Gasteiger partial charge >= 0.3 is 0 Å². The van der Waals surface area contributed by atoms with Crippen LogP contribution in [0.1, 0.15) is 29.2 Å². The molecule has 122 valence electrons. The van der Waals surface area contributed by atoms with Crippen molar-refractivity contribution in [1.29, 1.82) is 0 Å². The van der Waals surface area contributed by atoms with Crippen LogP contribution in [0.5, 0.6) is 0 Å². The van der Waals surface area contributed by atoms with E-state index in [1.807, 2.05) is 0 Å². The van der Waals surface area contributed by atoms with Crippen LogP contribution in [0, 0.1) is 11.3 Å². The minimum Gasteiger partial charge on any atom is -0.0622 e. The number of benzene rings is 3. The van der Waals surface area contributed by atoms with Crippen molar-refractivity contribution in [3.63, 3.8) is 0 Å². The maximum absolute atomic E-state index is 2.49. The van der Waals surface area contributed by atoms with E-state index in [0.717, 1.165) is 5.92 Å². The van der Waals surface area contributed by atoms with Crippen LogP contribution < -0.4 is 0 Å².